The lowest BCUT2D eigenvalue weighted by Gasteiger charge is -2.18. The molecule has 2 amide bonds. The topological polar surface area (TPSA) is 120 Å². The number of amides is 2. The molecule has 0 bridgehead atoms. The molecule has 0 aliphatic carbocycles. The van der Waals surface area contributed by atoms with Gasteiger partial charge in [-0.3, -0.25) is 14.4 Å². The van der Waals surface area contributed by atoms with Crippen LogP contribution in [-0.2, 0) is 9.59 Å². The minimum Gasteiger partial charge on any atom is -0.480 e. The van der Waals surface area contributed by atoms with Crippen molar-refractivity contribution in [2.24, 2.45) is 0 Å². The van der Waals surface area contributed by atoms with E-state index in [-0.39, 0.29) is 23.3 Å². The van der Waals surface area contributed by atoms with Crippen molar-refractivity contribution in [1.29, 1.82) is 0 Å². The molecule has 0 heterocycles. The maximum atomic E-state index is 12.3. The van der Waals surface area contributed by atoms with Crippen LogP contribution in [0.2, 0.25) is 0 Å². The summed E-state index contributed by atoms with van der Waals surface area (Å²) in [6.45, 7) is 0.766. The summed E-state index contributed by atoms with van der Waals surface area (Å²) < 4.78 is 0. The van der Waals surface area contributed by atoms with Crippen LogP contribution in [0.15, 0.2) is 24.3 Å². The summed E-state index contributed by atoms with van der Waals surface area (Å²) in [6, 6.07) is 5.24. The van der Waals surface area contributed by atoms with Crippen LogP contribution in [-0.4, -0.2) is 66.6 Å². The Morgan fingerprint density at radius 1 is 1.00 bits per heavy atom. The predicted molar refractivity (Wildman–Crippen MR) is 107 cm³/mol. The lowest BCUT2D eigenvalue weighted by molar-refractivity contribution is -0.138. The van der Waals surface area contributed by atoms with Gasteiger partial charge in [-0.05, 0) is 24.3 Å². The molecule has 2 atom stereocenters. The molecule has 1 rings (SSSR count). The molecule has 1 aromatic carbocycles. The standard InChI is InChI=1S/C16H24N4O4S2/c1-17-14(21)10-2-4-11(5-3-10)20-15(22)12(8-25)18-6-7-19-13(9-26)16(23)24/h2-5,12-13,18-19,25-26H,6-9H2,1H3,(H,17,21)(H,20,22)(H,23,24)/t12-,13-/m0/s1. The van der Waals surface area contributed by atoms with Crippen molar-refractivity contribution in [2.45, 2.75) is 12.1 Å². The number of thiol groups is 2. The van der Waals surface area contributed by atoms with Gasteiger partial charge in [0.2, 0.25) is 5.91 Å². The van der Waals surface area contributed by atoms with E-state index in [0.717, 1.165) is 0 Å². The Balaban J connectivity index is 2.48. The highest BCUT2D eigenvalue weighted by Crippen LogP contribution is 2.10. The van der Waals surface area contributed by atoms with Crippen molar-refractivity contribution in [1.82, 2.24) is 16.0 Å². The third kappa shape index (κ3) is 7.24. The zero-order valence-electron chi connectivity index (χ0n) is 14.4. The molecular formula is C16H24N4O4S2. The molecule has 10 heteroatoms. The molecule has 26 heavy (non-hydrogen) atoms. The average molecular weight is 401 g/mol. The summed E-state index contributed by atoms with van der Waals surface area (Å²) in [7, 11) is 1.55. The van der Waals surface area contributed by atoms with Crippen molar-refractivity contribution in [3.8, 4) is 0 Å². The number of carboxylic acids is 1. The normalized spacial score (nSPS) is 12.9. The van der Waals surface area contributed by atoms with Crippen LogP contribution in [0.1, 0.15) is 10.4 Å². The summed E-state index contributed by atoms with van der Waals surface area (Å²) in [5.41, 5.74) is 1.06. The number of rotatable bonds is 11. The number of carbonyl (C=O) groups excluding carboxylic acids is 2. The molecule has 0 saturated carbocycles. The van der Waals surface area contributed by atoms with E-state index in [2.05, 4.69) is 46.5 Å². The summed E-state index contributed by atoms with van der Waals surface area (Å²) >= 11 is 8.13. The van der Waals surface area contributed by atoms with E-state index < -0.39 is 18.1 Å². The Morgan fingerprint density at radius 2 is 1.54 bits per heavy atom. The number of hydrogen-bond donors (Lipinski definition) is 7. The van der Waals surface area contributed by atoms with Crippen LogP contribution in [0.4, 0.5) is 5.69 Å². The predicted octanol–water partition coefficient (Wildman–Crippen LogP) is -0.155. The van der Waals surface area contributed by atoms with Crippen molar-refractivity contribution in [3.63, 3.8) is 0 Å². The van der Waals surface area contributed by atoms with Crippen LogP contribution in [0, 0.1) is 0 Å². The summed E-state index contributed by atoms with van der Waals surface area (Å²) in [5, 5.41) is 20.0. The van der Waals surface area contributed by atoms with Crippen LogP contribution in [0.5, 0.6) is 0 Å². The molecule has 0 aromatic heterocycles. The van der Waals surface area contributed by atoms with Crippen LogP contribution in [0.25, 0.3) is 0 Å². The Kier molecular flexibility index (Phi) is 10.1. The Hall–Kier alpha value is -1.75. The quantitative estimate of drug-likeness (QED) is 0.205. The summed E-state index contributed by atoms with van der Waals surface area (Å²) in [5.74, 6) is -0.985. The van der Waals surface area contributed by atoms with Crippen LogP contribution in [0.3, 0.4) is 0 Å². The lowest BCUT2D eigenvalue weighted by Crippen LogP contribution is -2.47. The van der Waals surface area contributed by atoms with Crippen LogP contribution < -0.4 is 21.3 Å². The molecular weight excluding hydrogens is 376 g/mol. The number of nitrogens with one attached hydrogen (secondary N) is 4. The fourth-order valence-corrected chi connectivity index (χ4v) is 2.62. The average Bonchev–Trinajstić information content (AvgIpc) is 2.64. The second kappa shape index (κ2) is 11.8. The zero-order chi connectivity index (χ0) is 19.5. The molecule has 1 aromatic rings. The molecule has 0 aliphatic heterocycles. The third-order valence-electron chi connectivity index (χ3n) is 3.53. The largest absolute Gasteiger partial charge is 0.480 e. The van der Waals surface area contributed by atoms with Gasteiger partial charge >= 0.3 is 5.97 Å². The number of benzene rings is 1. The zero-order valence-corrected chi connectivity index (χ0v) is 16.1. The van der Waals surface area contributed by atoms with Gasteiger partial charge in [0, 0.05) is 42.9 Å². The fraction of sp³-hybridized carbons (Fsp3) is 0.438. The van der Waals surface area contributed by atoms with Gasteiger partial charge in [-0.25, -0.2) is 0 Å². The highest BCUT2D eigenvalue weighted by atomic mass is 32.1. The molecule has 0 aliphatic rings. The second-order valence-corrected chi connectivity index (χ2v) is 6.09. The first kappa shape index (κ1) is 22.3. The van der Waals surface area contributed by atoms with Crippen molar-refractivity contribution >= 4 is 48.7 Å². The minimum atomic E-state index is -0.969. The highest BCUT2D eigenvalue weighted by molar-refractivity contribution is 7.80. The van der Waals surface area contributed by atoms with Gasteiger partial charge in [-0.15, -0.1) is 0 Å². The summed E-state index contributed by atoms with van der Waals surface area (Å²) in [6.07, 6.45) is 0. The third-order valence-corrected chi connectivity index (χ3v) is 4.26. The van der Waals surface area contributed by atoms with Crippen molar-refractivity contribution < 1.29 is 19.5 Å². The van der Waals surface area contributed by atoms with E-state index >= 15 is 0 Å². The summed E-state index contributed by atoms with van der Waals surface area (Å²) in [4.78, 5) is 34.7. The van der Waals surface area contributed by atoms with Crippen molar-refractivity contribution in [3.05, 3.63) is 29.8 Å². The highest BCUT2D eigenvalue weighted by Gasteiger charge is 2.18. The number of anilines is 1. The van der Waals surface area contributed by atoms with Gasteiger partial charge in [0.25, 0.3) is 5.91 Å². The molecule has 0 radical (unpaired) electrons. The van der Waals surface area contributed by atoms with E-state index in [0.29, 0.717) is 24.3 Å². The molecule has 0 spiro atoms. The SMILES string of the molecule is CNC(=O)c1ccc(NC(=O)[C@H](CS)NCCN[C@@H](CS)C(=O)O)cc1. The van der Waals surface area contributed by atoms with E-state index in [9.17, 15) is 14.4 Å². The molecule has 0 fully saturated rings. The van der Waals surface area contributed by atoms with Gasteiger partial charge in [-0.2, -0.15) is 25.3 Å². The van der Waals surface area contributed by atoms with E-state index in [4.69, 9.17) is 5.11 Å². The Morgan fingerprint density at radius 3 is 2.00 bits per heavy atom. The second-order valence-electron chi connectivity index (χ2n) is 5.36. The monoisotopic (exact) mass is 400 g/mol. The Labute approximate surface area is 163 Å². The van der Waals surface area contributed by atoms with Gasteiger partial charge in [0.05, 0.1) is 6.04 Å². The van der Waals surface area contributed by atoms with Gasteiger partial charge < -0.3 is 26.4 Å². The molecule has 144 valence electrons. The van der Waals surface area contributed by atoms with Crippen LogP contribution >= 0.6 is 25.3 Å². The van der Waals surface area contributed by atoms with E-state index in [1.807, 2.05) is 0 Å². The molecule has 8 nitrogen and oxygen atoms in total. The first-order chi connectivity index (χ1) is 12.4. The number of aliphatic carboxylic acids is 1. The molecule has 0 saturated heterocycles. The maximum absolute atomic E-state index is 12.3. The van der Waals surface area contributed by atoms with Crippen molar-refractivity contribution in [2.75, 3.05) is 37.0 Å². The Bertz CT molecular complexity index is 613. The maximum Gasteiger partial charge on any atom is 0.321 e. The molecule has 0 unspecified atom stereocenters. The van der Waals surface area contributed by atoms with E-state index in [1.165, 1.54) is 0 Å². The van der Waals surface area contributed by atoms with Gasteiger partial charge in [-0.1, -0.05) is 0 Å². The molecule has 5 N–H and O–H groups in total. The van der Waals surface area contributed by atoms with E-state index in [1.54, 1.807) is 31.3 Å². The number of hydrogen-bond acceptors (Lipinski definition) is 7. The number of carboxylic acid groups (broad SMARTS) is 1. The first-order valence-electron chi connectivity index (χ1n) is 7.97. The minimum absolute atomic E-state index is 0.178. The van der Waals surface area contributed by atoms with Gasteiger partial charge in [0.1, 0.15) is 6.04 Å². The van der Waals surface area contributed by atoms with Gasteiger partial charge in [0.15, 0.2) is 0 Å². The lowest BCUT2D eigenvalue weighted by atomic mass is 10.2. The smallest absolute Gasteiger partial charge is 0.321 e. The number of carbonyl (C=O) groups is 3. The fourth-order valence-electron chi connectivity index (χ4n) is 2.04. The first-order valence-corrected chi connectivity index (χ1v) is 9.23.